The molecule has 0 aliphatic heterocycles. The molecule has 0 bridgehead atoms. The number of carbonyl (C=O) groups is 1. The van der Waals surface area contributed by atoms with Gasteiger partial charge in [0.05, 0.1) is 22.4 Å². The van der Waals surface area contributed by atoms with E-state index >= 15 is 0 Å². The maximum Gasteiger partial charge on any atom is 0.339 e. The molecule has 1 aromatic carbocycles. The molecule has 4 aromatic rings. The number of esters is 1. The van der Waals surface area contributed by atoms with Gasteiger partial charge < -0.3 is 4.74 Å². The van der Waals surface area contributed by atoms with Crippen molar-refractivity contribution >= 4 is 44.2 Å². The fraction of sp³-hybridized carbons (Fsp3) is 0.125. The third kappa shape index (κ3) is 2.63. The second kappa shape index (κ2) is 6.21. The van der Waals surface area contributed by atoms with Crippen molar-refractivity contribution in [3.63, 3.8) is 0 Å². The molecular formula is C16H12N4O2S2. The number of pyridine rings is 1. The van der Waals surface area contributed by atoms with E-state index in [1.54, 1.807) is 30.4 Å². The normalized spacial score (nSPS) is 11.2. The molecule has 4 rings (SSSR count). The van der Waals surface area contributed by atoms with Crippen LogP contribution in [0.1, 0.15) is 17.3 Å². The van der Waals surface area contributed by atoms with Gasteiger partial charge in [-0.05, 0) is 43.0 Å². The molecule has 0 aliphatic carbocycles. The zero-order chi connectivity index (χ0) is 16.5. The Balaban J connectivity index is 1.66. The lowest BCUT2D eigenvalue weighted by Crippen LogP contribution is -2.04. The van der Waals surface area contributed by atoms with E-state index in [-0.39, 0.29) is 5.97 Å². The van der Waals surface area contributed by atoms with E-state index in [2.05, 4.69) is 21.2 Å². The van der Waals surface area contributed by atoms with Crippen LogP contribution in [0.2, 0.25) is 0 Å². The van der Waals surface area contributed by atoms with Gasteiger partial charge in [-0.15, -0.1) is 10.2 Å². The van der Waals surface area contributed by atoms with Crippen molar-refractivity contribution in [1.82, 2.24) is 19.6 Å². The first kappa shape index (κ1) is 15.1. The first-order valence-corrected chi connectivity index (χ1v) is 8.93. The summed E-state index contributed by atoms with van der Waals surface area (Å²) >= 11 is 3.01. The monoisotopic (exact) mass is 356 g/mol. The maximum absolute atomic E-state index is 11.7. The quantitative estimate of drug-likeness (QED) is 0.520. The second-order valence-electron chi connectivity index (χ2n) is 4.88. The lowest BCUT2D eigenvalue weighted by Gasteiger charge is -2.02. The van der Waals surface area contributed by atoms with Gasteiger partial charge in [-0.25, -0.2) is 9.78 Å². The van der Waals surface area contributed by atoms with E-state index in [1.807, 2.05) is 22.6 Å². The zero-order valence-corrected chi connectivity index (χ0v) is 14.3. The number of thiazole rings is 1. The van der Waals surface area contributed by atoms with Crippen LogP contribution in [0.3, 0.4) is 0 Å². The number of hydrogen-bond acceptors (Lipinski definition) is 7. The van der Waals surface area contributed by atoms with Gasteiger partial charge in [-0.1, -0.05) is 23.5 Å². The Labute approximate surface area is 145 Å². The van der Waals surface area contributed by atoms with E-state index in [0.717, 1.165) is 25.4 Å². The van der Waals surface area contributed by atoms with Crippen LogP contribution in [0.15, 0.2) is 52.8 Å². The summed E-state index contributed by atoms with van der Waals surface area (Å²) in [5.74, 6) is -0.366. The summed E-state index contributed by atoms with van der Waals surface area (Å²) in [4.78, 5) is 16.8. The lowest BCUT2D eigenvalue weighted by atomic mass is 10.3. The summed E-state index contributed by atoms with van der Waals surface area (Å²) in [7, 11) is 0. The van der Waals surface area contributed by atoms with Crippen molar-refractivity contribution in [2.75, 3.05) is 6.61 Å². The highest BCUT2D eigenvalue weighted by molar-refractivity contribution is 7.99. The highest BCUT2D eigenvalue weighted by atomic mass is 32.2. The fourth-order valence-corrected chi connectivity index (χ4v) is 4.10. The fourth-order valence-electron chi connectivity index (χ4n) is 2.29. The Bertz CT molecular complexity index is 1020. The standard InChI is InChI=1S/C16H12N4O2S2/c1-2-22-14(21)10-7-8-13(17-9-10)24-16-19-18-15-20(16)11-5-3-4-6-12(11)23-15/h3-9H,2H2,1H3. The largest absolute Gasteiger partial charge is 0.462 e. The van der Waals surface area contributed by atoms with Crippen molar-refractivity contribution < 1.29 is 9.53 Å². The van der Waals surface area contributed by atoms with Crippen LogP contribution in [0.4, 0.5) is 0 Å². The molecule has 3 heterocycles. The van der Waals surface area contributed by atoms with Crippen LogP contribution >= 0.6 is 23.1 Å². The van der Waals surface area contributed by atoms with Gasteiger partial charge in [-0.2, -0.15) is 0 Å². The summed E-state index contributed by atoms with van der Waals surface area (Å²) in [5.41, 5.74) is 1.52. The Kier molecular flexibility index (Phi) is 3.91. The van der Waals surface area contributed by atoms with E-state index in [4.69, 9.17) is 4.74 Å². The number of hydrogen-bond donors (Lipinski definition) is 0. The van der Waals surface area contributed by atoms with Crippen molar-refractivity contribution in [3.8, 4) is 0 Å². The molecule has 6 nitrogen and oxygen atoms in total. The number of fused-ring (bicyclic) bond motifs is 3. The van der Waals surface area contributed by atoms with Crippen molar-refractivity contribution in [3.05, 3.63) is 48.2 Å². The molecule has 0 atom stereocenters. The number of rotatable bonds is 4. The second-order valence-corrected chi connectivity index (χ2v) is 6.87. The molecule has 0 radical (unpaired) electrons. The molecule has 0 saturated carbocycles. The molecule has 0 unspecified atom stereocenters. The Morgan fingerprint density at radius 2 is 2.12 bits per heavy atom. The van der Waals surface area contributed by atoms with Gasteiger partial charge in [0.15, 0.2) is 0 Å². The maximum atomic E-state index is 11.7. The molecule has 24 heavy (non-hydrogen) atoms. The molecule has 0 aliphatic rings. The zero-order valence-electron chi connectivity index (χ0n) is 12.7. The first-order valence-electron chi connectivity index (χ1n) is 7.30. The van der Waals surface area contributed by atoms with Gasteiger partial charge in [0.2, 0.25) is 10.1 Å². The molecule has 120 valence electrons. The van der Waals surface area contributed by atoms with Gasteiger partial charge >= 0.3 is 5.97 Å². The summed E-state index contributed by atoms with van der Waals surface area (Å²) in [6, 6.07) is 11.6. The summed E-state index contributed by atoms with van der Waals surface area (Å²) in [5, 5.41) is 9.97. The van der Waals surface area contributed by atoms with Crippen LogP contribution < -0.4 is 0 Å². The van der Waals surface area contributed by atoms with Gasteiger partial charge in [-0.3, -0.25) is 4.40 Å². The number of carbonyl (C=O) groups excluding carboxylic acids is 1. The van der Waals surface area contributed by atoms with Crippen LogP contribution in [0, 0.1) is 0 Å². The van der Waals surface area contributed by atoms with Crippen molar-refractivity contribution in [2.45, 2.75) is 17.1 Å². The number of ether oxygens (including phenoxy) is 1. The van der Waals surface area contributed by atoms with E-state index in [0.29, 0.717) is 12.2 Å². The third-order valence-electron chi connectivity index (χ3n) is 3.35. The van der Waals surface area contributed by atoms with E-state index in [9.17, 15) is 4.79 Å². The van der Waals surface area contributed by atoms with Gasteiger partial charge in [0.1, 0.15) is 5.03 Å². The van der Waals surface area contributed by atoms with Gasteiger partial charge in [0.25, 0.3) is 0 Å². The van der Waals surface area contributed by atoms with E-state index < -0.39 is 0 Å². The molecule has 0 amide bonds. The van der Waals surface area contributed by atoms with Crippen molar-refractivity contribution in [2.24, 2.45) is 0 Å². The molecule has 0 spiro atoms. The molecule has 0 fully saturated rings. The average Bonchev–Trinajstić information content (AvgIpc) is 3.15. The Morgan fingerprint density at radius 3 is 2.92 bits per heavy atom. The predicted octanol–water partition coefficient (Wildman–Crippen LogP) is 3.67. The van der Waals surface area contributed by atoms with Gasteiger partial charge in [0, 0.05) is 6.20 Å². The number of nitrogens with zero attached hydrogens (tertiary/aromatic N) is 4. The minimum absolute atomic E-state index is 0.346. The molecule has 3 aromatic heterocycles. The van der Waals surface area contributed by atoms with Crippen LogP contribution in [-0.2, 0) is 4.74 Å². The average molecular weight is 356 g/mol. The highest BCUT2D eigenvalue weighted by Crippen LogP contribution is 2.32. The third-order valence-corrected chi connectivity index (χ3v) is 5.26. The number of aromatic nitrogens is 4. The minimum Gasteiger partial charge on any atom is -0.462 e. The first-order chi connectivity index (χ1) is 11.8. The predicted molar refractivity (Wildman–Crippen MR) is 92.7 cm³/mol. The van der Waals surface area contributed by atoms with Crippen LogP contribution in [-0.4, -0.2) is 32.2 Å². The minimum atomic E-state index is -0.366. The highest BCUT2D eigenvalue weighted by Gasteiger charge is 2.14. The number of benzene rings is 1. The summed E-state index contributed by atoms with van der Waals surface area (Å²) in [6.45, 7) is 2.12. The Hall–Kier alpha value is -2.45. The molecule has 8 heteroatoms. The number of para-hydroxylation sites is 1. The summed E-state index contributed by atoms with van der Waals surface area (Å²) in [6.07, 6.45) is 1.52. The Morgan fingerprint density at radius 1 is 1.25 bits per heavy atom. The van der Waals surface area contributed by atoms with Crippen LogP contribution in [0.5, 0.6) is 0 Å². The lowest BCUT2D eigenvalue weighted by molar-refractivity contribution is 0.0525. The van der Waals surface area contributed by atoms with E-state index in [1.165, 1.54) is 18.0 Å². The smallest absolute Gasteiger partial charge is 0.339 e. The SMILES string of the molecule is CCOC(=O)c1ccc(Sc2nnc3sc4ccccc4n23)nc1. The topological polar surface area (TPSA) is 69.4 Å². The van der Waals surface area contributed by atoms with Crippen LogP contribution in [0.25, 0.3) is 15.2 Å². The molecule has 0 saturated heterocycles. The van der Waals surface area contributed by atoms with Crippen molar-refractivity contribution in [1.29, 1.82) is 0 Å². The summed E-state index contributed by atoms with van der Waals surface area (Å²) < 4.78 is 8.14. The molecular weight excluding hydrogens is 344 g/mol. The molecule has 0 N–H and O–H groups in total.